The molecule has 2 nitrogen and oxygen atoms in total. The molecule has 18 heavy (non-hydrogen) atoms. The van der Waals surface area contributed by atoms with E-state index >= 15 is 0 Å². The summed E-state index contributed by atoms with van der Waals surface area (Å²) >= 11 is 0. The van der Waals surface area contributed by atoms with Crippen molar-refractivity contribution < 1.29 is 27.0 Å². The van der Waals surface area contributed by atoms with Gasteiger partial charge in [-0.2, -0.15) is 17.7 Å². The van der Waals surface area contributed by atoms with E-state index in [2.05, 4.69) is 25.6 Å². The molecule has 0 heterocycles. The molecule has 2 rings (SSSR count). The molecular formula is C15H18FeO2-6. The van der Waals surface area contributed by atoms with Crippen LogP contribution < -0.4 is 0 Å². The Kier molecular flexibility index (Phi) is 12.4. The maximum atomic E-state index is 9.60. The first-order valence-electron chi connectivity index (χ1n) is 5.28. The normalized spacial score (nSPS) is 7.67. The van der Waals surface area contributed by atoms with E-state index in [1.165, 1.54) is 12.5 Å². The largest absolute Gasteiger partial charge is 0.748 e. The third-order valence-electron chi connectivity index (χ3n) is 1.75. The Hall–Kier alpha value is -1.57. The minimum atomic E-state index is -0.935. The van der Waals surface area contributed by atoms with E-state index in [-0.39, 0.29) is 22.6 Å². The van der Waals surface area contributed by atoms with Crippen molar-refractivity contribution in [1.29, 1.82) is 0 Å². The first-order valence-corrected chi connectivity index (χ1v) is 5.28. The molecule has 0 aliphatic carbocycles. The van der Waals surface area contributed by atoms with Crippen LogP contribution in [0.25, 0.3) is 0 Å². The second kappa shape index (κ2) is 11.9. The number of hydrogen-bond acceptors (Lipinski definition) is 1. The van der Waals surface area contributed by atoms with Crippen molar-refractivity contribution in [1.82, 2.24) is 0 Å². The third-order valence-corrected chi connectivity index (χ3v) is 1.75. The Morgan fingerprint density at radius 2 is 1.39 bits per heavy atom. The summed E-state index contributed by atoms with van der Waals surface area (Å²) in [4.78, 5) is 9.60. The zero-order chi connectivity index (χ0) is 13.1. The van der Waals surface area contributed by atoms with Crippen molar-refractivity contribution in [3.8, 4) is 0 Å². The van der Waals surface area contributed by atoms with Crippen LogP contribution in [-0.4, -0.2) is 11.1 Å². The summed E-state index contributed by atoms with van der Waals surface area (Å²) < 4.78 is 0. The summed E-state index contributed by atoms with van der Waals surface area (Å²) in [5.74, 6) is -0.935. The molecule has 0 fully saturated rings. The van der Waals surface area contributed by atoms with Crippen LogP contribution in [0.5, 0.6) is 0 Å². The Labute approximate surface area is 119 Å². The maximum Gasteiger partial charge on any atom is 0.330 e. The van der Waals surface area contributed by atoms with Crippen LogP contribution >= 0.6 is 0 Å². The van der Waals surface area contributed by atoms with E-state index < -0.39 is 5.97 Å². The van der Waals surface area contributed by atoms with E-state index in [1.807, 2.05) is 42.5 Å². The maximum absolute atomic E-state index is 9.60. The summed E-state index contributed by atoms with van der Waals surface area (Å²) in [6.45, 7) is 6.69. The molecule has 0 saturated carbocycles. The van der Waals surface area contributed by atoms with Crippen molar-refractivity contribution in [2.45, 2.75) is 13.8 Å². The fourth-order valence-electron chi connectivity index (χ4n) is 0.791. The Morgan fingerprint density at radius 3 is 1.50 bits per heavy atom. The number of carbonyl (C=O) groups is 1. The van der Waals surface area contributed by atoms with Gasteiger partial charge in [0.2, 0.25) is 0 Å². The predicted octanol–water partition coefficient (Wildman–Crippen LogP) is 3.76. The predicted molar refractivity (Wildman–Crippen MR) is 71.3 cm³/mol. The van der Waals surface area contributed by atoms with Crippen LogP contribution in [0.3, 0.4) is 0 Å². The van der Waals surface area contributed by atoms with Gasteiger partial charge in [0.15, 0.2) is 0 Å². The standard InChI is InChI=1S/C6H7.C5H5.C4H6O2.Fe/c1-6-4-2-3-5-6;1-2-4-5-3-1;1-3(2)4(5)6;/h2-5H,1H3;1-5H;1H2,2H3,(H,5,6);/q-1;-5;;. The molecule has 0 amide bonds. The van der Waals surface area contributed by atoms with Gasteiger partial charge in [-0.25, -0.2) is 16.9 Å². The quantitative estimate of drug-likeness (QED) is 0.492. The van der Waals surface area contributed by atoms with Crippen molar-refractivity contribution in [3.63, 3.8) is 0 Å². The summed E-state index contributed by atoms with van der Waals surface area (Å²) in [5.41, 5.74) is 1.52. The van der Waals surface area contributed by atoms with Crippen LogP contribution in [0, 0.1) is 6.92 Å². The molecule has 0 bridgehead atoms. The second-order valence-electron chi connectivity index (χ2n) is 3.51. The number of aryl methyl sites for hydroxylation is 1. The molecule has 1 N–H and O–H groups in total. The summed E-state index contributed by atoms with van der Waals surface area (Å²) in [5, 5.41) is 7.89. The van der Waals surface area contributed by atoms with Crippen molar-refractivity contribution in [2.24, 2.45) is 0 Å². The van der Waals surface area contributed by atoms with Gasteiger partial charge in [-0.05, 0) is 6.92 Å². The number of carboxylic acid groups (broad SMARTS) is 1. The van der Waals surface area contributed by atoms with Gasteiger partial charge in [0.05, 0.1) is 0 Å². The Bertz CT molecular complexity index is 370. The monoisotopic (exact) mass is 286 g/mol. The molecule has 0 spiro atoms. The minimum absolute atomic E-state index is 0. The zero-order valence-corrected chi connectivity index (χ0v) is 11.7. The molecule has 0 aliphatic rings. The number of aliphatic carboxylic acids is 1. The van der Waals surface area contributed by atoms with E-state index in [4.69, 9.17) is 5.11 Å². The first-order chi connectivity index (χ1) is 8.04. The minimum Gasteiger partial charge on any atom is -0.748 e. The van der Waals surface area contributed by atoms with Gasteiger partial charge in [-0.1, -0.05) is 13.5 Å². The Balaban J connectivity index is 0. The Morgan fingerprint density at radius 1 is 1.11 bits per heavy atom. The summed E-state index contributed by atoms with van der Waals surface area (Å²) in [6.07, 6.45) is 0. The summed E-state index contributed by atoms with van der Waals surface area (Å²) in [7, 11) is 0. The van der Waals surface area contributed by atoms with Crippen LogP contribution in [0.2, 0.25) is 0 Å². The third kappa shape index (κ3) is 12.5. The molecule has 0 saturated heterocycles. The zero-order valence-electron chi connectivity index (χ0n) is 10.6. The number of rotatable bonds is 1. The van der Waals surface area contributed by atoms with Crippen LogP contribution in [0.15, 0.2) is 66.7 Å². The first kappa shape index (κ1) is 18.8. The molecule has 0 aliphatic heterocycles. The van der Waals surface area contributed by atoms with Gasteiger partial charge < -0.3 is 35.4 Å². The average Bonchev–Trinajstić information content (AvgIpc) is 2.92. The van der Waals surface area contributed by atoms with E-state index in [0.29, 0.717) is 0 Å². The van der Waals surface area contributed by atoms with Crippen LogP contribution in [-0.2, 0) is 21.9 Å². The van der Waals surface area contributed by atoms with Gasteiger partial charge in [0, 0.05) is 22.6 Å². The van der Waals surface area contributed by atoms with Crippen molar-refractivity contribution in [3.05, 3.63) is 72.3 Å². The molecule has 0 aromatic heterocycles. The fourth-order valence-corrected chi connectivity index (χ4v) is 0.791. The fraction of sp³-hybridized carbons (Fsp3) is 0.133. The summed E-state index contributed by atoms with van der Waals surface area (Å²) in [6, 6.07) is 18.2. The van der Waals surface area contributed by atoms with Crippen LogP contribution in [0.1, 0.15) is 12.5 Å². The van der Waals surface area contributed by atoms with Gasteiger partial charge >= 0.3 is 5.97 Å². The van der Waals surface area contributed by atoms with Crippen LogP contribution in [0.4, 0.5) is 0 Å². The van der Waals surface area contributed by atoms with Gasteiger partial charge in [0.1, 0.15) is 0 Å². The van der Waals surface area contributed by atoms with Crippen molar-refractivity contribution >= 4 is 5.97 Å². The molecule has 0 atom stereocenters. The van der Waals surface area contributed by atoms with Crippen molar-refractivity contribution in [2.75, 3.05) is 0 Å². The van der Waals surface area contributed by atoms with Gasteiger partial charge in [-0.3, -0.25) is 0 Å². The molecule has 0 radical (unpaired) electrons. The molecule has 0 unspecified atom stereocenters. The molecule has 2 aromatic rings. The molecular weight excluding hydrogens is 268 g/mol. The SMILES string of the molecule is C=C(C)C(=O)O.C[c-]1cccc1.[Fe].[cH-]1[cH-][cH-][cH-][cH-]1. The number of hydrogen-bond donors (Lipinski definition) is 1. The topological polar surface area (TPSA) is 37.3 Å². The molecule has 3 heteroatoms. The molecule has 2 aromatic carbocycles. The number of carboxylic acids is 1. The van der Waals surface area contributed by atoms with E-state index in [0.717, 1.165) is 0 Å². The smallest absolute Gasteiger partial charge is 0.330 e. The molecule has 104 valence electrons. The van der Waals surface area contributed by atoms with E-state index in [9.17, 15) is 4.79 Å². The van der Waals surface area contributed by atoms with Gasteiger partial charge in [0.25, 0.3) is 0 Å². The average molecular weight is 286 g/mol. The second-order valence-corrected chi connectivity index (χ2v) is 3.51. The van der Waals surface area contributed by atoms with E-state index in [1.54, 1.807) is 0 Å². The van der Waals surface area contributed by atoms with Gasteiger partial charge in [-0.15, -0.1) is 0 Å².